The molecular formula is C27H26N2O6. The van der Waals surface area contributed by atoms with Gasteiger partial charge >= 0.3 is 5.97 Å². The molecule has 0 aromatic heterocycles. The zero-order chi connectivity index (χ0) is 25.2. The number of carbonyl (C=O) groups excluding carboxylic acids is 2. The molecule has 1 atom stereocenters. The number of aryl methyl sites for hydroxylation is 1. The Labute approximate surface area is 202 Å². The summed E-state index contributed by atoms with van der Waals surface area (Å²) in [7, 11) is 0. The summed E-state index contributed by atoms with van der Waals surface area (Å²) in [5.74, 6) is -2.39. The molecule has 0 saturated heterocycles. The Balaban J connectivity index is 1.48. The predicted octanol–water partition coefficient (Wildman–Crippen LogP) is 2.77. The molecule has 1 unspecified atom stereocenters. The lowest BCUT2D eigenvalue weighted by Gasteiger charge is -2.25. The summed E-state index contributed by atoms with van der Waals surface area (Å²) in [6.07, 6.45) is 0.702. The number of nitrogens with two attached hydrogens (primary N) is 1. The number of carbonyl (C=O) groups is 3. The minimum absolute atomic E-state index is 0.0163. The van der Waals surface area contributed by atoms with Crippen LogP contribution in [-0.4, -0.2) is 40.1 Å². The summed E-state index contributed by atoms with van der Waals surface area (Å²) in [5.41, 5.74) is 7.80. The van der Waals surface area contributed by atoms with Crippen LogP contribution in [0.3, 0.4) is 0 Å². The number of rotatable bonds is 8. The lowest BCUT2D eigenvalue weighted by Crippen LogP contribution is -2.55. The van der Waals surface area contributed by atoms with Crippen LogP contribution in [0.25, 0.3) is 0 Å². The quantitative estimate of drug-likeness (QED) is 0.396. The third-order valence-electron chi connectivity index (χ3n) is 6.19. The van der Waals surface area contributed by atoms with Crippen molar-refractivity contribution >= 4 is 17.8 Å². The Morgan fingerprint density at radius 1 is 1.00 bits per heavy atom. The third-order valence-corrected chi connectivity index (χ3v) is 6.19. The van der Waals surface area contributed by atoms with E-state index in [0.717, 1.165) is 16.7 Å². The van der Waals surface area contributed by atoms with Gasteiger partial charge in [0.2, 0.25) is 5.91 Å². The minimum atomic E-state index is -1.57. The van der Waals surface area contributed by atoms with Crippen LogP contribution >= 0.6 is 0 Å². The molecule has 0 radical (unpaired) electrons. The zero-order valence-corrected chi connectivity index (χ0v) is 19.2. The molecule has 180 valence electrons. The normalized spacial score (nSPS) is 16.4. The van der Waals surface area contributed by atoms with Crippen molar-refractivity contribution in [1.82, 2.24) is 5.32 Å². The van der Waals surface area contributed by atoms with Gasteiger partial charge in [-0.15, -0.1) is 0 Å². The summed E-state index contributed by atoms with van der Waals surface area (Å²) in [6.45, 7) is 2.29. The van der Waals surface area contributed by atoms with Crippen molar-refractivity contribution < 1.29 is 29.3 Å². The predicted molar refractivity (Wildman–Crippen MR) is 129 cm³/mol. The first-order chi connectivity index (χ1) is 16.7. The maximum absolute atomic E-state index is 13.0. The van der Waals surface area contributed by atoms with Gasteiger partial charge in [-0.2, -0.15) is 0 Å². The lowest BCUT2D eigenvalue weighted by molar-refractivity contribution is -0.144. The third kappa shape index (κ3) is 5.11. The number of benzene rings is 3. The molecule has 35 heavy (non-hydrogen) atoms. The molecule has 1 aliphatic carbocycles. The van der Waals surface area contributed by atoms with E-state index in [1.54, 1.807) is 18.2 Å². The summed E-state index contributed by atoms with van der Waals surface area (Å²) in [5, 5.41) is 22.8. The van der Waals surface area contributed by atoms with Crippen molar-refractivity contribution in [3.63, 3.8) is 0 Å². The van der Waals surface area contributed by atoms with Gasteiger partial charge in [-0.3, -0.25) is 9.59 Å². The smallest absolute Gasteiger partial charge is 0.330 e. The van der Waals surface area contributed by atoms with Gasteiger partial charge in [-0.05, 0) is 53.9 Å². The Bertz CT molecular complexity index is 1320. The fourth-order valence-electron chi connectivity index (χ4n) is 4.33. The molecule has 3 aromatic rings. The highest BCUT2D eigenvalue weighted by atomic mass is 16.5. The van der Waals surface area contributed by atoms with Crippen molar-refractivity contribution in [2.24, 2.45) is 5.73 Å². The number of carboxylic acids is 1. The number of fused-ring (bicyclic) bond motifs is 1. The Morgan fingerprint density at radius 2 is 1.74 bits per heavy atom. The molecule has 8 nitrogen and oxygen atoms in total. The second kappa shape index (κ2) is 9.50. The van der Waals surface area contributed by atoms with Crippen LogP contribution in [0.15, 0.2) is 60.7 Å². The standard InChI is InChI=1S/C27H26N2O6/c1-16-3-2-4-17(11-16)9-10-35-23-13-19(7-8-22(23)30)25(32)29-27(26(33)34)14-20-6-5-18(24(28)31)12-21(20)15-27/h2-8,11-13,30H,9-10,14-15H2,1H3,(H2,28,31)(H,29,32)(H,33,34). The molecule has 3 aromatic carbocycles. The van der Waals surface area contributed by atoms with Gasteiger partial charge in [-0.25, -0.2) is 4.79 Å². The number of phenolic OH excluding ortho intramolecular Hbond substituents is 1. The van der Waals surface area contributed by atoms with Crippen molar-refractivity contribution in [1.29, 1.82) is 0 Å². The molecule has 1 aliphatic rings. The number of hydrogen-bond acceptors (Lipinski definition) is 5. The number of carboxylic acid groups (broad SMARTS) is 1. The Morgan fingerprint density at radius 3 is 2.46 bits per heavy atom. The van der Waals surface area contributed by atoms with E-state index in [2.05, 4.69) is 5.32 Å². The van der Waals surface area contributed by atoms with E-state index < -0.39 is 23.3 Å². The molecule has 0 fully saturated rings. The van der Waals surface area contributed by atoms with Gasteiger partial charge in [0.05, 0.1) is 6.61 Å². The molecule has 0 spiro atoms. The highest BCUT2D eigenvalue weighted by Gasteiger charge is 2.45. The average molecular weight is 475 g/mol. The first-order valence-electron chi connectivity index (χ1n) is 11.2. The molecular weight excluding hydrogens is 448 g/mol. The van der Waals surface area contributed by atoms with E-state index in [0.29, 0.717) is 18.6 Å². The second-order valence-corrected chi connectivity index (χ2v) is 8.81. The van der Waals surface area contributed by atoms with Crippen LogP contribution in [0.4, 0.5) is 0 Å². The molecule has 4 rings (SSSR count). The van der Waals surface area contributed by atoms with Gasteiger partial charge in [0, 0.05) is 30.4 Å². The van der Waals surface area contributed by atoms with E-state index in [9.17, 15) is 24.6 Å². The summed E-state index contributed by atoms with van der Waals surface area (Å²) < 4.78 is 5.71. The number of aromatic hydroxyl groups is 1. The molecule has 2 amide bonds. The summed E-state index contributed by atoms with van der Waals surface area (Å²) >= 11 is 0. The van der Waals surface area contributed by atoms with Crippen LogP contribution in [0.1, 0.15) is 43.0 Å². The van der Waals surface area contributed by atoms with Gasteiger partial charge in [0.15, 0.2) is 11.5 Å². The molecule has 0 heterocycles. The molecule has 8 heteroatoms. The van der Waals surface area contributed by atoms with E-state index in [4.69, 9.17) is 10.5 Å². The van der Waals surface area contributed by atoms with Crippen molar-refractivity contribution in [2.75, 3.05) is 6.61 Å². The SMILES string of the molecule is Cc1cccc(CCOc2cc(C(=O)NC3(C(=O)O)Cc4ccc(C(N)=O)cc4C3)ccc2O)c1. The Hall–Kier alpha value is -4.33. The van der Waals surface area contributed by atoms with Gasteiger partial charge in [0.25, 0.3) is 5.91 Å². The van der Waals surface area contributed by atoms with Crippen molar-refractivity contribution in [3.05, 3.63) is 94.0 Å². The zero-order valence-electron chi connectivity index (χ0n) is 19.2. The number of nitrogens with one attached hydrogen (secondary N) is 1. The van der Waals surface area contributed by atoms with Crippen LogP contribution in [0.2, 0.25) is 0 Å². The monoisotopic (exact) mass is 474 g/mol. The first-order valence-corrected chi connectivity index (χ1v) is 11.2. The van der Waals surface area contributed by atoms with Crippen LogP contribution in [0.5, 0.6) is 11.5 Å². The van der Waals surface area contributed by atoms with Crippen molar-refractivity contribution in [2.45, 2.75) is 31.7 Å². The maximum atomic E-state index is 13.0. The fraction of sp³-hybridized carbons (Fsp3) is 0.222. The highest BCUT2D eigenvalue weighted by molar-refractivity contribution is 5.99. The van der Waals surface area contributed by atoms with Gasteiger partial charge in [0.1, 0.15) is 5.54 Å². The number of phenols is 1. The highest BCUT2D eigenvalue weighted by Crippen LogP contribution is 2.32. The average Bonchev–Trinajstić information content (AvgIpc) is 3.19. The summed E-state index contributed by atoms with van der Waals surface area (Å²) in [6, 6.07) is 16.9. The minimum Gasteiger partial charge on any atom is -0.504 e. The van der Waals surface area contributed by atoms with E-state index in [1.165, 1.54) is 18.2 Å². The molecule has 0 aliphatic heterocycles. The second-order valence-electron chi connectivity index (χ2n) is 8.81. The van der Waals surface area contributed by atoms with Crippen LogP contribution in [0, 0.1) is 6.92 Å². The van der Waals surface area contributed by atoms with Gasteiger partial charge < -0.3 is 26.0 Å². The molecule has 0 bridgehead atoms. The van der Waals surface area contributed by atoms with Crippen molar-refractivity contribution in [3.8, 4) is 11.5 Å². The van der Waals surface area contributed by atoms with Crippen LogP contribution in [-0.2, 0) is 24.1 Å². The van der Waals surface area contributed by atoms with E-state index in [-0.39, 0.29) is 35.5 Å². The topological polar surface area (TPSA) is 139 Å². The van der Waals surface area contributed by atoms with E-state index >= 15 is 0 Å². The number of amides is 2. The van der Waals surface area contributed by atoms with Crippen LogP contribution < -0.4 is 15.8 Å². The summed E-state index contributed by atoms with van der Waals surface area (Å²) in [4.78, 5) is 36.8. The lowest BCUT2D eigenvalue weighted by atomic mass is 9.95. The maximum Gasteiger partial charge on any atom is 0.330 e. The molecule has 0 saturated carbocycles. The first kappa shape index (κ1) is 23.8. The van der Waals surface area contributed by atoms with E-state index in [1.807, 2.05) is 31.2 Å². The fourth-order valence-corrected chi connectivity index (χ4v) is 4.33. The van der Waals surface area contributed by atoms with Gasteiger partial charge in [-0.1, -0.05) is 35.9 Å². The number of ether oxygens (including phenoxy) is 1. The Kier molecular flexibility index (Phi) is 6.46. The number of primary amides is 1. The number of aliphatic carboxylic acids is 1. The largest absolute Gasteiger partial charge is 0.504 e. The molecule has 5 N–H and O–H groups in total. The number of hydrogen-bond donors (Lipinski definition) is 4.